The molecule has 0 unspecified atom stereocenters. The first-order valence-corrected chi connectivity index (χ1v) is 7.69. The molecule has 1 aromatic carbocycles. The van der Waals surface area contributed by atoms with Crippen LogP contribution in [-0.2, 0) is 9.47 Å². The summed E-state index contributed by atoms with van der Waals surface area (Å²) in [6.45, 7) is 1.09. The van der Waals surface area contributed by atoms with Crippen LogP contribution < -0.4 is 10.6 Å². The molecule has 1 aromatic heterocycles. The number of hydrogen-bond donors (Lipinski definition) is 2. The zero-order valence-electron chi connectivity index (χ0n) is 14.1. The number of methoxy groups -OCH3 is 2. The second-order valence-corrected chi connectivity index (χ2v) is 5.06. The van der Waals surface area contributed by atoms with Gasteiger partial charge in [-0.15, -0.1) is 0 Å². The molecule has 2 aromatic rings. The van der Waals surface area contributed by atoms with E-state index in [4.69, 9.17) is 4.74 Å². The Balaban J connectivity index is 1.98. The lowest BCUT2D eigenvalue weighted by Crippen LogP contribution is -2.26. The van der Waals surface area contributed by atoms with Gasteiger partial charge in [0.2, 0.25) is 5.95 Å². The Morgan fingerprint density at radius 3 is 2.56 bits per heavy atom. The molecule has 8 heteroatoms. The summed E-state index contributed by atoms with van der Waals surface area (Å²) >= 11 is 0. The van der Waals surface area contributed by atoms with Gasteiger partial charge in [-0.25, -0.2) is 14.8 Å². The van der Waals surface area contributed by atoms with Crippen LogP contribution >= 0.6 is 0 Å². The molecule has 2 rings (SSSR count). The van der Waals surface area contributed by atoms with Crippen LogP contribution in [0, 0.1) is 0 Å². The molecule has 0 radical (unpaired) electrons. The maximum atomic E-state index is 12.0. The molecule has 0 spiro atoms. The van der Waals surface area contributed by atoms with E-state index in [1.807, 2.05) is 0 Å². The Morgan fingerprint density at radius 2 is 1.88 bits per heavy atom. The number of hydrogen-bond acceptors (Lipinski definition) is 7. The van der Waals surface area contributed by atoms with E-state index < -0.39 is 5.97 Å². The van der Waals surface area contributed by atoms with Gasteiger partial charge in [0.1, 0.15) is 5.69 Å². The number of aromatic nitrogens is 2. The van der Waals surface area contributed by atoms with Crippen molar-refractivity contribution in [2.24, 2.45) is 0 Å². The number of rotatable bonds is 8. The summed E-state index contributed by atoms with van der Waals surface area (Å²) in [6.07, 6.45) is 2.23. The van der Waals surface area contributed by atoms with Crippen molar-refractivity contribution >= 4 is 23.5 Å². The van der Waals surface area contributed by atoms with Crippen LogP contribution in [0.1, 0.15) is 27.3 Å². The molecule has 1 amide bonds. The maximum Gasteiger partial charge on any atom is 0.337 e. The predicted molar refractivity (Wildman–Crippen MR) is 91.9 cm³/mol. The van der Waals surface area contributed by atoms with Crippen LogP contribution in [0.4, 0.5) is 11.6 Å². The molecule has 0 aliphatic heterocycles. The third-order valence-electron chi connectivity index (χ3n) is 3.26. The first-order chi connectivity index (χ1) is 12.1. The summed E-state index contributed by atoms with van der Waals surface area (Å²) in [5.74, 6) is -0.395. The van der Waals surface area contributed by atoms with Crippen molar-refractivity contribution in [3.63, 3.8) is 0 Å². The molecule has 8 nitrogen and oxygen atoms in total. The largest absolute Gasteiger partial charge is 0.465 e. The molecule has 2 N–H and O–H groups in total. The monoisotopic (exact) mass is 344 g/mol. The van der Waals surface area contributed by atoms with Crippen molar-refractivity contribution in [2.45, 2.75) is 6.42 Å². The number of benzene rings is 1. The van der Waals surface area contributed by atoms with Crippen LogP contribution in [0.15, 0.2) is 36.5 Å². The molecule has 0 atom stereocenters. The lowest BCUT2D eigenvalue weighted by Gasteiger charge is -2.08. The summed E-state index contributed by atoms with van der Waals surface area (Å²) in [6, 6.07) is 8.19. The highest BCUT2D eigenvalue weighted by atomic mass is 16.5. The van der Waals surface area contributed by atoms with Gasteiger partial charge in [-0.2, -0.15) is 0 Å². The molecular weight excluding hydrogens is 324 g/mol. The van der Waals surface area contributed by atoms with Crippen molar-refractivity contribution in [3.05, 3.63) is 47.8 Å². The second-order valence-electron chi connectivity index (χ2n) is 5.06. The molecule has 0 saturated carbocycles. The van der Waals surface area contributed by atoms with Gasteiger partial charge in [-0.3, -0.25) is 4.79 Å². The molecule has 0 fully saturated rings. The molecule has 132 valence electrons. The third kappa shape index (κ3) is 5.54. The molecular formula is C17H20N4O4. The van der Waals surface area contributed by atoms with Crippen LogP contribution in [0.5, 0.6) is 0 Å². The van der Waals surface area contributed by atoms with E-state index in [9.17, 15) is 9.59 Å². The quantitative estimate of drug-likeness (QED) is 0.556. The SMILES string of the molecule is COCCCNC(=O)c1ccnc(Nc2ccc(C(=O)OC)cc2)n1. The highest BCUT2D eigenvalue weighted by molar-refractivity contribution is 5.92. The smallest absolute Gasteiger partial charge is 0.337 e. The molecule has 1 heterocycles. The van der Waals surface area contributed by atoms with E-state index in [2.05, 4.69) is 25.3 Å². The fourth-order valence-electron chi connectivity index (χ4n) is 1.99. The van der Waals surface area contributed by atoms with Crippen LogP contribution in [0.3, 0.4) is 0 Å². The van der Waals surface area contributed by atoms with Gasteiger partial charge in [-0.1, -0.05) is 0 Å². The lowest BCUT2D eigenvalue weighted by atomic mass is 10.2. The van der Waals surface area contributed by atoms with Crippen molar-refractivity contribution in [1.82, 2.24) is 15.3 Å². The minimum absolute atomic E-state index is 0.265. The van der Waals surface area contributed by atoms with Gasteiger partial charge in [0.05, 0.1) is 12.7 Å². The predicted octanol–water partition coefficient (Wildman–Crippen LogP) is 1.77. The van der Waals surface area contributed by atoms with Crippen LogP contribution in [0.2, 0.25) is 0 Å². The van der Waals surface area contributed by atoms with E-state index in [0.29, 0.717) is 24.4 Å². The van der Waals surface area contributed by atoms with E-state index in [-0.39, 0.29) is 17.5 Å². The number of anilines is 2. The highest BCUT2D eigenvalue weighted by Gasteiger charge is 2.09. The number of carbonyl (C=O) groups is 2. The lowest BCUT2D eigenvalue weighted by molar-refractivity contribution is 0.0600. The average molecular weight is 344 g/mol. The molecule has 0 saturated heterocycles. The van der Waals surface area contributed by atoms with E-state index in [1.54, 1.807) is 31.4 Å². The van der Waals surface area contributed by atoms with E-state index in [1.165, 1.54) is 19.4 Å². The standard InChI is InChI=1S/C17H20N4O4/c1-24-11-3-9-18-15(22)14-8-10-19-17(21-14)20-13-6-4-12(5-7-13)16(23)25-2/h4-8,10H,3,9,11H2,1-2H3,(H,18,22)(H,19,20,21). The van der Waals surface area contributed by atoms with Gasteiger partial charge in [0.15, 0.2) is 0 Å². The number of amides is 1. The minimum Gasteiger partial charge on any atom is -0.465 e. The summed E-state index contributed by atoms with van der Waals surface area (Å²) in [5.41, 5.74) is 1.39. The van der Waals surface area contributed by atoms with E-state index in [0.717, 1.165) is 6.42 Å². The first-order valence-electron chi connectivity index (χ1n) is 7.69. The van der Waals surface area contributed by atoms with Gasteiger partial charge in [0, 0.05) is 32.1 Å². The summed E-state index contributed by atoms with van der Waals surface area (Å²) < 4.78 is 9.58. The topological polar surface area (TPSA) is 102 Å². The number of nitrogens with zero attached hydrogens (tertiary/aromatic N) is 2. The Morgan fingerprint density at radius 1 is 1.12 bits per heavy atom. The normalized spacial score (nSPS) is 10.2. The summed E-state index contributed by atoms with van der Waals surface area (Å²) in [7, 11) is 2.94. The second kappa shape index (κ2) is 9.33. The minimum atomic E-state index is -0.407. The molecule has 0 aliphatic carbocycles. The fourth-order valence-corrected chi connectivity index (χ4v) is 1.99. The number of carbonyl (C=O) groups excluding carboxylic acids is 2. The Labute approximate surface area is 145 Å². The highest BCUT2D eigenvalue weighted by Crippen LogP contribution is 2.14. The van der Waals surface area contributed by atoms with Crippen molar-refractivity contribution in [2.75, 3.05) is 32.7 Å². The Kier molecular flexibility index (Phi) is 6.85. The number of nitrogens with one attached hydrogen (secondary N) is 2. The maximum absolute atomic E-state index is 12.0. The Hall–Kier alpha value is -3.00. The van der Waals surface area contributed by atoms with Gasteiger partial charge in [-0.05, 0) is 36.8 Å². The third-order valence-corrected chi connectivity index (χ3v) is 3.26. The van der Waals surface area contributed by atoms with Crippen molar-refractivity contribution in [3.8, 4) is 0 Å². The van der Waals surface area contributed by atoms with Gasteiger partial charge < -0.3 is 20.1 Å². The fraction of sp³-hybridized carbons (Fsp3) is 0.294. The molecule has 0 aliphatic rings. The van der Waals surface area contributed by atoms with E-state index >= 15 is 0 Å². The zero-order chi connectivity index (χ0) is 18.1. The van der Waals surface area contributed by atoms with Crippen molar-refractivity contribution in [1.29, 1.82) is 0 Å². The first kappa shape index (κ1) is 18.3. The molecule has 0 bridgehead atoms. The van der Waals surface area contributed by atoms with Crippen molar-refractivity contribution < 1.29 is 19.1 Å². The summed E-state index contributed by atoms with van der Waals surface area (Å²) in [4.78, 5) is 31.7. The number of ether oxygens (including phenoxy) is 2. The number of esters is 1. The van der Waals surface area contributed by atoms with Crippen LogP contribution in [-0.4, -0.2) is 49.2 Å². The zero-order valence-corrected chi connectivity index (χ0v) is 14.1. The van der Waals surface area contributed by atoms with Gasteiger partial charge in [0.25, 0.3) is 5.91 Å². The molecule has 25 heavy (non-hydrogen) atoms. The van der Waals surface area contributed by atoms with Crippen LogP contribution in [0.25, 0.3) is 0 Å². The van der Waals surface area contributed by atoms with Gasteiger partial charge >= 0.3 is 5.97 Å². The average Bonchev–Trinajstić information content (AvgIpc) is 2.65. The Bertz CT molecular complexity index is 719. The summed E-state index contributed by atoms with van der Waals surface area (Å²) in [5, 5.41) is 5.75.